The lowest BCUT2D eigenvalue weighted by atomic mass is 10.3. The maximum absolute atomic E-state index is 5.51. The smallest absolute Gasteiger partial charge is 0.0712 e. The molecular formula is C6H6NSSi. The first-order chi connectivity index (χ1) is 4.20. The second kappa shape index (κ2) is 2.45. The van der Waals surface area contributed by atoms with Gasteiger partial charge in [0.25, 0.3) is 0 Å². The van der Waals surface area contributed by atoms with Crippen molar-refractivity contribution in [2.24, 2.45) is 0 Å². The zero-order chi connectivity index (χ0) is 6.85. The lowest BCUT2D eigenvalue weighted by molar-refractivity contribution is 1.50. The van der Waals surface area contributed by atoms with E-state index >= 15 is 0 Å². The van der Waals surface area contributed by atoms with Gasteiger partial charge in [0.2, 0.25) is 0 Å². The first-order valence-corrected chi connectivity index (χ1v) is 3.45. The number of rotatable bonds is 0. The Hall–Kier alpha value is -0.413. The molecule has 0 aromatic heterocycles. The summed E-state index contributed by atoms with van der Waals surface area (Å²) in [6.45, 7) is 0. The SMILES string of the molecule is Nc1cc([Si])ccc1S. The average molecular weight is 152 g/mol. The van der Waals surface area contributed by atoms with Crippen LogP contribution in [0.2, 0.25) is 0 Å². The minimum atomic E-state index is 0.700. The van der Waals surface area contributed by atoms with Crippen LogP contribution in [0.4, 0.5) is 5.69 Å². The predicted octanol–water partition coefficient (Wildman–Crippen LogP) is 0.351. The van der Waals surface area contributed by atoms with Crippen molar-refractivity contribution in [1.29, 1.82) is 0 Å². The number of nitrogens with two attached hydrogens (primary N) is 1. The second-order valence-corrected chi connectivity index (χ2v) is 2.83. The minimum Gasteiger partial charge on any atom is -0.398 e. The van der Waals surface area contributed by atoms with Crippen LogP contribution in [0.1, 0.15) is 0 Å². The molecule has 45 valence electrons. The van der Waals surface area contributed by atoms with Crippen LogP contribution in [-0.2, 0) is 0 Å². The summed E-state index contributed by atoms with van der Waals surface area (Å²) in [6, 6.07) is 5.57. The molecule has 0 unspecified atom stereocenters. The summed E-state index contributed by atoms with van der Waals surface area (Å²) < 4.78 is 0. The van der Waals surface area contributed by atoms with Crippen molar-refractivity contribution in [3.05, 3.63) is 18.2 Å². The highest BCUT2D eigenvalue weighted by atomic mass is 32.1. The van der Waals surface area contributed by atoms with Gasteiger partial charge in [-0.25, -0.2) is 0 Å². The molecule has 3 heteroatoms. The molecule has 1 aromatic carbocycles. The van der Waals surface area contributed by atoms with E-state index in [0.29, 0.717) is 5.69 Å². The van der Waals surface area contributed by atoms with Crippen molar-refractivity contribution in [3.8, 4) is 0 Å². The lowest BCUT2D eigenvalue weighted by Gasteiger charge is -1.97. The summed E-state index contributed by atoms with van der Waals surface area (Å²) in [7, 11) is 3.33. The highest BCUT2D eigenvalue weighted by Crippen LogP contribution is 2.11. The van der Waals surface area contributed by atoms with Crippen LogP contribution < -0.4 is 10.9 Å². The Labute approximate surface area is 63.1 Å². The van der Waals surface area contributed by atoms with E-state index in [1.54, 1.807) is 0 Å². The molecule has 3 radical (unpaired) electrons. The number of thiol groups is 1. The average Bonchev–Trinajstić information content (AvgIpc) is 1.80. The molecule has 0 heterocycles. The van der Waals surface area contributed by atoms with E-state index in [0.717, 1.165) is 10.1 Å². The zero-order valence-electron chi connectivity index (χ0n) is 4.76. The summed E-state index contributed by atoms with van der Waals surface area (Å²) in [5.74, 6) is 0. The molecule has 0 fully saturated rings. The van der Waals surface area contributed by atoms with Crippen molar-refractivity contribution >= 4 is 33.7 Å². The Balaban J connectivity index is 3.17. The van der Waals surface area contributed by atoms with Gasteiger partial charge in [-0.05, 0) is 12.1 Å². The maximum Gasteiger partial charge on any atom is 0.0712 e. The number of hydrogen-bond acceptors (Lipinski definition) is 2. The molecule has 0 aliphatic heterocycles. The van der Waals surface area contributed by atoms with E-state index in [2.05, 4.69) is 22.9 Å². The summed E-state index contributed by atoms with van der Waals surface area (Å²) in [6.07, 6.45) is 0. The summed E-state index contributed by atoms with van der Waals surface area (Å²) in [4.78, 5) is 0.817. The largest absolute Gasteiger partial charge is 0.398 e. The summed E-state index contributed by atoms with van der Waals surface area (Å²) in [5.41, 5.74) is 6.21. The van der Waals surface area contributed by atoms with Crippen molar-refractivity contribution in [3.63, 3.8) is 0 Å². The van der Waals surface area contributed by atoms with Gasteiger partial charge < -0.3 is 5.73 Å². The first kappa shape index (κ1) is 6.70. The Kier molecular flexibility index (Phi) is 1.83. The van der Waals surface area contributed by atoms with Crippen molar-refractivity contribution < 1.29 is 0 Å². The molecule has 0 aliphatic carbocycles. The number of nitrogen functional groups attached to an aromatic ring is 1. The fourth-order valence-corrected chi connectivity index (χ4v) is 0.932. The molecule has 0 bridgehead atoms. The second-order valence-electron chi connectivity index (χ2n) is 1.77. The maximum atomic E-state index is 5.51. The fraction of sp³-hybridized carbons (Fsp3) is 0. The van der Waals surface area contributed by atoms with E-state index in [4.69, 9.17) is 5.73 Å². The monoisotopic (exact) mass is 152 g/mol. The van der Waals surface area contributed by atoms with Gasteiger partial charge in [0.15, 0.2) is 0 Å². The third-order valence-corrected chi connectivity index (χ3v) is 1.75. The van der Waals surface area contributed by atoms with Gasteiger partial charge in [-0.15, -0.1) is 12.6 Å². The normalized spacial score (nSPS) is 9.56. The van der Waals surface area contributed by atoms with E-state index in [-0.39, 0.29) is 0 Å². The van der Waals surface area contributed by atoms with Gasteiger partial charge in [0.05, 0.1) is 10.2 Å². The topological polar surface area (TPSA) is 26.0 Å². The molecule has 9 heavy (non-hydrogen) atoms. The molecule has 0 saturated carbocycles. The van der Waals surface area contributed by atoms with Crippen molar-refractivity contribution in [2.75, 3.05) is 5.73 Å². The molecular weight excluding hydrogens is 146 g/mol. The van der Waals surface area contributed by atoms with Gasteiger partial charge >= 0.3 is 0 Å². The Bertz CT molecular complexity index is 224. The van der Waals surface area contributed by atoms with Gasteiger partial charge in [-0.2, -0.15) is 0 Å². The van der Waals surface area contributed by atoms with Crippen molar-refractivity contribution in [2.45, 2.75) is 4.90 Å². The van der Waals surface area contributed by atoms with Crippen LogP contribution in [0.25, 0.3) is 0 Å². The fourth-order valence-electron chi connectivity index (χ4n) is 0.555. The Morgan fingerprint density at radius 3 is 2.56 bits per heavy atom. The quantitative estimate of drug-likeness (QED) is 0.313. The Morgan fingerprint density at radius 2 is 2.11 bits per heavy atom. The Morgan fingerprint density at radius 1 is 1.44 bits per heavy atom. The standard InChI is InChI=1S/C6H6NSSi/c7-5-3-4(9)1-2-6(5)8/h1-3,8H,7H2. The number of anilines is 1. The van der Waals surface area contributed by atoms with Crippen LogP contribution in [0, 0.1) is 0 Å². The van der Waals surface area contributed by atoms with E-state index in [9.17, 15) is 0 Å². The number of hydrogen-bond donors (Lipinski definition) is 2. The van der Waals surface area contributed by atoms with Gasteiger partial charge in [-0.1, -0.05) is 11.3 Å². The molecule has 0 aliphatic rings. The van der Waals surface area contributed by atoms with Gasteiger partial charge in [0, 0.05) is 10.6 Å². The van der Waals surface area contributed by atoms with Gasteiger partial charge in [-0.3, -0.25) is 0 Å². The molecule has 0 saturated heterocycles. The highest BCUT2D eigenvalue weighted by Gasteiger charge is 1.90. The molecule has 0 spiro atoms. The van der Waals surface area contributed by atoms with Crippen LogP contribution in [0.15, 0.2) is 23.1 Å². The van der Waals surface area contributed by atoms with E-state index in [1.165, 1.54) is 0 Å². The van der Waals surface area contributed by atoms with Crippen molar-refractivity contribution in [1.82, 2.24) is 0 Å². The first-order valence-electron chi connectivity index (χ1n) is 2.50. The van der Waals surface area contributed by atoms with Crippen LogP contribution in [-0.4, -0.2) is 10.2 Å². The van der Waals surface area contributed by atoms with Gasteiger partial charge in [0.1, 0.15) is 0 Å². The molecule has 2 N–H and O–H groups in total. The molecule has 1 rings (SSSR count). The minimum absolute atomic E-state index is 0.700. The third kappa shape index (κ3) is 1.49. The summed E-state index contributed by atoms with van der Waals surface area (Å²) >= 11 is 4.10. The molecule has 0 atom stereocenters. The lowest BCUT2D eigenvalue weighted by Crippen LogP contribution is -2.02. The number of benzene rings is 1. The van der Waals surface area contributed by atoms with Crippen LogP contribution >= 0.6 is 12.6 Å². The third-order valence-electron chi connectivity index (χ3n) is 1.03. The van der Waals surface area contributed by atoms with Crippen LogP contribution in [0.5, 0.6) is 0 Å². The van der Waals surface area contributed by atoms with E-state index < -0.39 is 0 Å². The zero-order valence-corrected chi connectivity index (χ0v) is 6.65. The molecule has 1 aromatic rings. The molecule has 0 amide bonds. The van der Waals surface area contributed by atoms with Crippen LogP contribution in [0.3, 0.4) is 0 Å². The highest BCUT2D eigenvalue weighted by molar-refractivity contribution is 7.80. The molecule has 1 nitrogen and oxygen atoms in total. The summed E-state index contributed by atoms with van der Waals surface area (Å²) in [5, 5.41) is 0.977. The van der Waals surface area contributed by atoms with E-state index in [1.807, 2.05) is 18.2 Å². The predicted molar refractivity (Wildman–Crippen MR) is 43.5 cm³/mol.